The van der Waals surface area contributed by atoms with E-state index in [1.54, 1.807) is 22.7 Å². The van der Waals surface area contributed by atoms with Crippen LogP contribution >= 0.6 is 22.7 Å². The Balaban J connectivity index is 1.76. The average molecular weight is 425 g/mol. The summed E-state index contributed by atoms with van der Waals surface area (Å²) in [6.07, 6.45) is 0. The van der Waals surface area contributed by atoms with Crippen molar-refractivity contribution in [3.8, 4) is 0 Å². The Labute approximate surface area is 179 Å². The number of nitrogens with one attached hydrogen (secondary N) is 1. The van der Waals surface area contributed by atoms with Crippen LogP contribution in [0, 0.1) is 5.92 Å². The molecule has 0 saturated carbocycles. The van der Waals surface area contributed by atoms with Crippen molar-refractivity contribution in [2.75, 3.05) is 6.54 Å². The smallest absolute Gasteiger partial charge is 0.254 e. The monoisotopic (exact) mass is 424 g/mol. The second-order valence-electron chi connectivity index (χ2n) is 7.67. The van der Waals surface area contributed by atoms with E-state index in [0.717, 1.165) is 15.3 Å². The summed E-state index contributed by atoms with van der Waals surface area (Å²) < 4.78 is 0. The Morgan fingerprint density at radius 2 is 1.83 bits per heavy atom. The van der Waals surface area contributed by atoms with Crippen LogP contribution in [0.3, 0.4) is 0 Å². The van der Waals surface area contributed by atoms with Crippen molar-refractivity contribution >= 4 is 34.5 Å². The van der Waals surface area contributed by atoms with Gasteiger partial charge in [-0.3, -0.25) is 9.59 Å². The highest BCUT2D eigenvalue weighted by Crippen LogP contribution is 2.44. The normalized spacial score (nSPS) is 18.7. The first-order valence-electron chi connectivity index (χ1n) is 9.79. The molecule has 1 N–H and O–H groups in total. The lowest BCUT2D eigenvalue weighted by Gasteiger charge is -2.42. The highest BCUT2D eigenvalue weighted by molar-refractivity contribution is 7.10. The quantitative estimate of drug-likeness (QED) is 0.601. The molecule has 0 saturated heterocycles. The lowest BCUT2D eigenvalue weighted by atomic mass is 9.81. The van der Waals surface area contributed by atoms with Gasteiger partial charge in [0.2, 0.25) is 5.91 Å². The zero-order valence-electron chi connectivity index (χ0n) is 16.5. The van der Waals surface area contributed by atoms with Crippen molar-refractivity contribution in [2.45, 2.75) is 32.4 Å². The van der Waals surface area contributed by atoms with E-state index in [1.807, 2.05) is 64.2 Å². The van der Waals surface area contributed by atoms with Crippen molar-refractivity contribution < 1.29 is 9.59 Å². The second-order valence-corrected chi connectivity index (χ2v) is 9.69. The molecule has 0 fully saturated rings. The minimum absolute atomic E-state index is 0.00927. The molecule has 4 rings (SSSR count). The van der Waals surface area contributed by atoms with Gasteiger partial charge in [-0.25, -0.2) is 0 Å². The Morgan fingerprint density at radius 3 is 2.52 bits per heavy atom. The van der Waals surface area contributed by atoms with Gasteiger partial charge >= 0.3 is 0 Å². The predicted octanol–water partition coefficient (Wildman–Crippen LogP) is 5.06. The first-order valence-corrected chi connectivity index (χ1v) is 11.6. The molecule has 3 aromatic rings. The van der Waals surface area contributed by atoms with Gasteiger partial charge in [0.15, 0.2) is 0 Å². The van der Waals surface area contributed by atoms with E-state index in [4.69, 9.17) is 0 Å². The van der Waals surface area contributed by atoms with Crippen LogP contribution in [0.25, 0.3) is 0 Å². The molecule has 150 valence electrons. The minimum Gasteiger partial charge on any atom is -0.351 e. The Bertz CT molecular complexity index is 980. The van der Waals surface area contributed by atoms with Gasteiger partial charge in [-0.15, -0.1) is 22.7 Å². The van der Waals surface area contributed by atoms with E-state index in [2.05, 4.69) is 19.2 Å². The van der Waals surface area contributed by atoms with Gasteiger partial charge in [-0.05, 0) is 40.4 Å². The SMILES string of the molecule is CC(C)CN1C(=O)c2ccccc2[C@@H](C(=O)NCc2cccs2)[C@@H]1c1cccs1. The van der Waals surface area contributed by atoms with Crippen molar-refractivity contribution in [3.05, 3.63) is 80.2 Å². The molecule has 2 amide bonds. The number of fused-ring (bicyclic) bond motifs is 1. The third-order valence-electron chi connectivity index (χ3n) is 5.13. The van der Waals surface area contributed by atoms with Crippen LogP contribution in [0.5, 0.6) is 0 Å². The number of amides is 2. The van der Waals surface area contributed by atoms with Crippen LogP contribution in [0.15, 0.2) is 59.3 Å². The molecular formula is C23H24N2O2S2. The fourth-order valence-electron chi connectivity index (χ4n) is 3.94. The van der Waals surface area contributed by atoms with Crippen molar-refractivity contribution in [3.63, 3.8) is 0 Å². The van der Waals surface area contributed by atoms with Crippen LogP contribution in [-0.2, 0) is 11.3 Å². The van der Waals surface area contributed by atoms with E-state index in [1.165, 1.54) is 0 Å². The molecule has 0 unspecified atom stereocenters. The number of carbonyl (C=O) groups is 2. The summed E-state index contributed by atoms with van der Waals surface area (Å²) in [6.45, 7) is 5.32. The van der Waals surface area contributed by atoms with Crippen molar-refractivity contribution in [1.29, 1.82) is 0 Å². The zero-order chi connectivity index (χ0) is 20.4. The highest BCUT2D eigenvalue weighted by atomic mass is 32.1. The fraction of sp³-hybridized carbons (Fsp3) is 0.304. The molecular weight excluding hydrogens is 400 g/mol. The van der Waals surface area contributed by atoms with E-state index in [-0.39, 0.29) is 17.9 Å². The van der Waals surface area contributed by atoms with Gasteiger partial charge in [-0.2, -0.15) is 0 Å². The van der Waals surface area contributed by atoms with Gasteiger partial charge in [0.1, 0.15) is 0 Å². The summed E-state index contributed by atoms with van der Waals surface area (Å²) in [6, 6.07) is 15.3. The molecule has 0 spiro atoms. The number of carbonyl (C=O) groups excluding carboxylic acids is 2. The van der Waals surface area contributed by atoms with Gasteiger partial charge in [-0.1, -0.05) is 44.2 Å². The third-order valence-corrected chi connectivity index (χ3v) is 6.95. The Hall–Kier alpha value is -2.44. The standard InChI is InChI=1S/C23H24N2O2S2/c1-15(2)14-25-21(19-10-6-12-29-19)20(17-8-3-4-9-18(17)23(25)27)22(26)24-13-16-7-5-11-28-16/h3-12,15,20-21H,13-14H2,1-2H3,(H,24,26)/t20-,21+/m1/s1. The zero-order valence-corrected chi connectivity index (χ0v) is 18.1. The van der Waals surface area contributed by atoms with Crippen molar-refractivity contribution in [2.24, 2.45) is 5.92 Å². The molecule has 0 aliphatic carbocycles. The molecule has 29 heavy (non-hydrogen) atoms. The Morgan fingerprint density at radius 1 is 1.07 bits per heavy atom. The molecule has 0 radical (unpaired) electrons. The minimum atomic E-state index is -0.429. The van der Waals surface area contributed by atoms with Crippen LogP contribution in [0.2, 0.25) is 0 Å². The largest absolute Gasteiger partial charge is 0.351 e. The molecule has 1 aliphatic heterocycles. The molecule has 4 nitrogen and oxygen atoms in total. The lowest BCUT2D eigenvalue weighted by molar-refractivity contribution is -0.124. The summed E-state index contributed by atoms with van der Waals surface area (Å²) in [5, 5.41) is 7.13. The lowest BCUT2D eigenvalue weighted by Crippen LogP contribution is -2.48. The number of hydrogen-bond donors (Lipinski definition) is 1. The average Bonchev–Trinajstić information content (AvgIpc) is 3.42. The molecule has 0 bridgehead atoms. The van der Waals surface area contributed by atoms with E-state index in [9.17, 15) is 9.59 Å². The Kier molecular flexibility index (Phi) is 5.83. The number of rotatable bonds is 6. The number of hydrogen-bond acceptors (Lipinski definition) is 4. The summed E-state index contributed by atoms with van der Waals surface area (Å²) in [4.78, 5) is 30.9. The number of nitrogens with zero attached hydrogens (tertiary/aromatic N) is 1. The highest BCUT2D eigenvalue weighted by Gasteiger charge is 2.44. The molecule has 6 heteroatoms. The summed E-state index contributed by atoms with van der Waals surface area (Å²) in [7, 11) is 0. The van der Waals surface area contributed by atoms with Crippen LogP contribution < -0.4 is 5.32 Å². The number of benzene rings is 1. The first-order chi connectivity index (χ1) is 14.1. The number of thiophene rings is 2. The van der Waals surface area contributed by atoms with Gasteiger partial charge in [0.25, 0.3) is 5.91 Å². The maximum absolute atomic E-state index is 13.5. The third kappa shape index (κ3) is 4.00. The topological polar surface area (TPSA) is 49.4 Å². The van der Waals surface area contributed by atoms with Gasteiger partial charge in [0, 0.05) is 21.9 Å². The fourth-order valence-corrected chi connectivity index (χ4v) is 5.46. The molecule has 3 heterocycles. The summed E-state index contributed by atoms with van der Waals surface area (Å²) in [5.41, 5.74) is 1.46. The van der Waals surface area contributed by atoms with E-state index >= 15 is 0 Å². The van der Waals surface area contributed by atoms with Crippen LogP contribution in [0.4, 0.5) is 0 Å². The maximum Gasteiger partial charge on any atom is 0.254 e. The predicted molar refractivity (Wildman–Crippen MR) is 118 cm³/mol. The summed E-state index contributed by atoms with van der Waals surface area (Å²) >= 11 is 3.23. The van der Waals surface area contributed by atoms with E-state index < -0.39 is 5.92 Å². The van der Waals surface area contributed by atoms with Crippen molar-refractivity contribution in [1.82, 2.24) is 10.2 Å². The molecule has 1 aliphatic rings. The maximum atomic E-state index is 13.5. The van der Waals surface area contributed by atoms with Gasteiger partial charge in [0.05, 0.1) is 18.5 Å². The van der Waals surface area contributed by atoms with Crippen LogP contribution in [-0.4, -0.2) is 23.3 Å². The second kappa shape index (κ2) is 8.51. The van der Waals surface area contributed by atoms with E-state index in [0.29, 0.717) is 24.6 Å². The summed E-state index contributed by atoms with van der Waals surface area (Å²) in [5.74, 6) is -0.150. The van der Waals surface area contributed by atoms with Gasteiger partial charge < -0.3 is 10.2 Å². The molecule has 2 aromatic heterocycles. The van der Waals surface area contributed by atoms with Crippen LogP contribution in [0.1, 0.15) is 51.5 Å². The molecule has 1 aromatic carbocycles. The first kappa shape index (κ1) is 19.9. The molecule has 2 atom stereocenters.